The highest BCUT2D eigenvalue weighted by Crippen LogP contribution is 2.22. The highest BCUT2D eigenvalue weighted by atomic mass is 19.1. The molecule has 1 aromatic heterocycles. The van der Waals surface area contributed by atoms with Crippen LogP contribution in [0.5, 0.6) is 0 Å². The smallest absolute Gasteiger partial charge is 0.214 e. The van der Waals surface area contributed by atoms with Crippen LogP contribution in [0.2, 0.25) is 0 Å². The molecule has 2 rings (SSSR count). The van der Waals surface area contributed by atoms with E-state index in [9.17, 15) is 4.39 Å². The van der Waals surface area contributed by atoms with Gasteiger partial charge in [0.15, 0.2) is 0 Å². The van der Waals surface area contributed by atoms with Gasteiger partial charge in [-0.1, -0.05) is 6.07 Å². The predicted octanol–water partition coefficient (Wildman–Crippen LogP) is 1.75. The number of aromatic nitrogens is 1. The fraction of sp³-hybridized carbons (Fsp3) is 0.583. The quantitative estimate of drug-likeness (QED) is 0.676. The minimum Gasteiger partial charge on any atom is -0.349 e. The van der Waals surface area contributed by atoms with Gasteiger partial charge in [0.05, 0.1) is 0 Å². The molecule has 1 saturated heterocycles. The van der Waals surface area contributed by atoms with Crippen LogP contribution in [0.25, 0.3) is 0 Å². The van der Waals surface area contributed by atoms with Gasteiger partial charge in [0.25, 0.3) is 0 Å². The molecule has 2 heterocycles. The van der Waals surface area contributed by atoms with Crippen LogP contribution in [0.3, 0.4) is 0 Å². The normalized spacial score (nSPS) is 27.1. The van der Waals surface area contributed by atoms with E-state index in [1.54, 1.807) is 6.07 Å². The molecule has 16 heavy (non-hydrogen) atoms. The molecular formula is C12H18FN3. The van der Waals surface area contributed by atoms with Gasteiger partial charge in [-0.25, -0.2) is 4.98 Å². The summed E-state index contributed by atoms with van der Waals surface area (Å²) in [4.78, 5) is 8.46. The van der Waals surface area contributed by atoms with Crippen LogP contribution < -0.4 is 4.90 Å². The molecule has 2 unspecified atom stereocenters. The van der Waals surface area contributed by atoms with E-state index in [2.05, 4.69) is 35.7 Å². The van der Waals surface area contributed by atoms with E-state index in [0.29, 0.717) is 12.1 Å². The van der Waals surface area contributed by atoms with Crippen LogP contribution >= 0.6 is 0 Å². The van der Waals surface area contributed by atoms with Crippen LogP contribution in [-0.2, 0) is 0 Å². The summed E-state index contributed by atoms with van der Waals surface area (Å²) in [5.41, 5.74) is 0. The zero-order chi connectivity index (χ0) is 11.7. The third-order valence-electron chi connectivity index (χ3n) is 3.07. The van der Waals surface area contributed by atoms with Gasteiger partial charge < -0.3 is 9.80 Å². The molecule has 1 aliphatic rings. The molecule has 1 aromatic rings. The van der Waals surface area contributed by atoms with Crippen molar-refractivity contribution in [3.05, 3.63) is 24.1 Å². The Balaban J connectivity index is 2.25. The summed E-state index contributed by atoms with van der Waals surface area (Å²) in [6.07, 6.45) is 0. The van der Waals surface area contributed by atoms with E-state index < -0.39 is 5.95 Å². The summed E-state index contributed by atoms with van der Waals surface area (Å²) in [6.45, 7) is 6.28. The highest BCUT2D eigenvalue weighted by molar-refractivity contribution is 5.41. The molecule has 1 fully saturated rings. The van der Waals surface area contributed by atoms with Crippen LogP contribution in [0.1, 0.15) is 13.8 Å². The topological polar surface area (TPSA) is 19.4 Å². The van der Waals surface area contributed by atoms with Crippen molar-refractivity contribution >= 4 is 5.82 Å². The standard InChI is InChI=1S/C12H18FN3/c1-9-7-15(3)8-10(2)16(9)12-6-4-5-11(13)14-12/h4-6,9-10H,7-8H2,1-3H3. The monoisotopic (exact) mass is 223 g/mol. The van der Waals surface area contributed by atoms with Gasteiger partial charge in [0.2, 0.25) is 5.95 Å². The zero-order valence-electron chi connectivity index (χ0n) is 10.0. The first kappa shape index (κ1) is 11.3. The van der Waals surface area contributed by atoms with Crippen molar-refractivity contribution in [2.24, 2.45) is 0 Å². The summed E-state index contributed by atoms with van der Waals surface area (Å²) in [5.74, 6) is 0.337. The van der Waals surface area contributed by atoms with E-state index >= 15 is 0 Å². The second-order valence-corrected chi connectivity index (χ2v) is 4.65. The maximum Gasteiger partial charge on any atom is 0.214 e. The largest absolute Gasteiger partial charge is 0.349 e. The van der Waals surface area contributed by atoms with Crippen molar-refractivity contribution < 1.29 is 4.39 Å². The van der Waals surface area contributed by atoms with Gasteiger partial charge in [-0.05, 0) is 33.0 Å². The molecule has 0 saturated carbocycles. The third kappa shape index (κ3) is 2.16. The summed E-state index contributed by atoms with van der Waals surface area (Å²) in [6, 6.07) is 5.71. The average molecular weight is 223 g/mol. The van der Waals surface area contributed by atoms with E-state index in [0.717, 1.165) is 18.9 Å². The molecule has 0 radical (unpaired) electrons. The number of pyridine rings is 1. The lowest BCUT2D eigenvalue weighted by molar-refractivity contribution is 0.239. The Bertz CT molecular complexity index is 357. The van der Waals surface area contributed by atoms with E-state index in [1.165, 1.54) is 6.07 Å². The number of anilines is 1. The molecule has 0 spiro atoms. The minimum absolute atomic E-state index is 0.364. The molecule has 0 N–H and O–H groups in total. The van der Waals surface area contributed by atoms with E-state index in [-0.39, 0.29) is 0 Å². The Labute approximate surface area is 95.9 Å². The lowest BCUT2D eigenvalue weighted by Gasteiger charge is -2.43. The van der Waals surface area contributed by atoms with Crippen molar-refractivity contribution in [2.75, 3.05) is 25.0 Å². The number of halogens is 1. The fourth-order valence-electron chi connectivity index (χ4n) is 2.58. The summed E-state index contributed by atoms with van der Waals surface area (Å²) >= 11 is 0. The fourth-order valence-corrected chi connectivity index (χ4v) is 2.58. The van der Waals surface area contributed by atoms with Gasteiger partial charge in [0.1, 0.15) is 5.82 Å². The van der Waals surface area contributed by atoms with Crippen LogP contribution in [-0.4, -0.2) is 42.1 Å². The first-order valence-electron chi connectivity index (χ1n) is 5.67. The van der Waals surface area contributed by atoms with Gasteiger partial charge in [0, 0.05) is 25.2 Å². The van der Waals surface area contributed by atoms with Crippen LogP contribution in [0.4, 0.5) is 10.2 Å². The molecule has 88 valence electrons. The lowest BCUT2D eigenvalue weighted by Crippen LogP contribution is -2.56. The zero-order valence-corrected chi connectivity index (χ0v) is 10.0. The Kier molecular flexibility index (Phi) is 3.10. The Morgan fingerprint density at radius 2 is 1.88 bits per heavy atom. The number of likely N-dealkylation sites (N-methyl/N-ethyl adjacent to an activating group) is 1. The van der Waals surface area contributed by atoms with Crippen molar-refractivity contribution in [1.29, 1.82) is 0 Å². The molecule has 4 heteroatoms. The summed E-state index contributed by atoms with van der Waals surface area (Å²) in [7, 11) is 2.11. The van der Waals surface area contributed by atoms with Crippen LogP contribution in [0.15, 0.2) is 18.2 Å². The SMILES string of the molecule is CC1CN(C)CC(C)N1c1cccc(F)n1. The molecule has 0 bridgehead atoms. The Hall–Kier alpha value is -1.16. The van der Waals surface area contributed by atoms with Gasteiger partial charge in [-0.2, -0.15) is 4.39 Å². The third-order valence-corrected chi connectivity index (χ3v) is 3.07. The van der Waals surface area contributed by atoms with E-state index in [4.69, 9.17) is 0 Å². The molecule has 1 aliphatic heterocycles. The van der Waals surface area contributed by atoms with Gasteiger partial charge in [-0.15, -0.1) is 0 Å². The van der Waals surface area contributed by atoms with Gasteiger partial charge in [-0.3, -0.25) is 0 Å². The maximum absolute atomic E-state index is 13.1. The van der Waals surface area contributed by atoms with Crippen molar-refractivity contribution in [3.8, 4) is 0 Å². The number of piperazine rings is 1. The predicted molar refractivity (Wildman–Crippen MR) is 63.1 cm³/mol. The van der Waals surface area contributed by atoms with E-state index in [1.807, 2.05) is 6.07 Å². The molecule has 0 aliphatic carbocycles. The molecule has 0 aromatic carbocycles. The highest BCUT2D eigenvalue weighted by Gasteiger charge is 2.28. The number of hydrogen-bond acceptors (Lipinski definition) is 3. The number of hydrogen-bond donors (Lipinski definition) is 0. The second kappa shape index (κ2) is 4.37. The van der Waals surface area contributed by atoms with Gasteiger partial charge >= 0.3 is 0 Å². The Morgan fingerprint density at radius 1 is 1.25 bits per heavy atom. The first-order valence-corrected chi connectivity index (χ1v) is 5.67. The molecule has 0 amide bonds. The lowest BCUT2D eigenvalue weighted by atomic mass is 10.1. The summed E-state index contributed by atoms with van der Waals surface area (Å²) < 4.78 is 13.1. The number of nitrogens with zero attached hydrogens (tertiary/aromatic N) is 3. The average Bonchev–Trinajstić information content (AvgIpc) is 2.15. The molecular weight excluding hydrogens is 205 g/mol. The Morgan fingerprint density at radius 3 is 2.44 bits per heavy atom. The number of rotatable bonds is 1. The maximum atomic E-state index is 13.1. The van der Waals surface area contributed by atoms with Crippen molar-refractivity contribution in [3.63, 3.8) is 0 Å². The summed E-state index contributed by atoms with van der Waals surface area (Å²) in [5, 5.41) is 0. The minimum atomic E-state index is -0.407. The van der Waals surface area contributed by atoms with Crippen LogP contribution in [0, 0.1) is 5.95 Å². The van der Waals surface area contributed by atoms with Crippen molar-refractivity contribution in [2.45, 2.75) is 25.9 Å². The molecule has 2 atom stereocenters. The van der Waals surface area contributed by atoms with Crippen molar-refractivity contribution in [1.82, 2.24) is 9.88 Å². The molecule has 3 nitrogen and oxygen atoms in total. The second-order valence-electron chi connectivity index (χ2n) is 4.65. The first-order chi connectivity index (χ1) is 7.58.